The van der Waals surface area contributed by atoms with Crippen LogP contribution in [-0.4, -0.2) is 54.0 Å². The number of rotatable bonds is 26. The van der Waals surface area contributed by atoms with Crippen LogP contribution in [0.1, 0.15) is 141 Å². The van der Waals surface area contributed by atoms with Gasteiger partial charge < -0.3 is 28.4 Å². The summed E-state index contributed by atoms with van der Waals surface area (Å²) in [6.45, 7) is 5.05. The van der Waals surface area contributed by atoms with Gasteiger partial charge in [-0.15, -0.1) is 0 Å². The zero-order chi connectivity index (χ0) is 38.5. The molecule has 54 heavy (non-hydrogen) atoms. The van der Waals surface area contributed by atoms with Crippen LogP contribution in [0.3, 0.4) is 0 Å². The van der Waals surface area contributed by atoms with Gasteiger partial charge in [0.1, 0.15) is 11.5 Å². The van der Waals surface area contributed by atoms with Crippen molar-refractivity contribution in [3.8, 4) is 11.5 Å². The summed E-state index contributed by atoms with van der Waals surface area (Å²) < 4.78 is 35.1. The molecule has 2 saturated heterocycles. The number of non-ortho nitro benzene ring substituents is 2. The van der Waals surface area contributed by atoms with Crippen LogP contribution >= 0.6 is 0 Å². The molecular weight excluding hydrogens is 696 g/mol. The molecule has 0 bridgehead atoms. The predicted molar refractivity (Wildman–Crippen MR) is 204 cm³/mol. The molecule has 0 amide bonds. The van der Waals surface area contributed by atoms with Crippen LogP contribution in [0.2, 0.25) is 0 Å². The summed E-state index contributed by atoms with van der Waals surface area (Å²) in [4.78, 5) is 35.4. The van der Waals surface area contributed by atoms with Crippen molar-refractivity contribution in [2.24, 2.45) is 0 Å². The minimum Gasteiger partial charge on any atom is -0.394 e. The van der Waals surface area contributed by atoms with Crippen LogP contribution in [0.25, 0.3) is 0 Å². The number of hydrogen-bond donors (Lipinski definition) is 0. The Morgan fingerprint density at radius 2 is 0.981 bits per heavy atom. The Labute approximate surface area is 319 Å². The molecule has 2 aliphatic rings. The van der Waals surface area contributed by atoms with Gasteiger partial charge in [0.05, 0.1) is 35.3 Å². The van der Waals surface area contributed by atoms with Crippen molar-refractivity contribution in [1.82, 2.24) is 0 Å². The van der Waals surface area contributed by atoms with Crippen molar-refractivity contribution in [1.29, 1.82) is 0 Å². The van der Waals surface area contributed by atoms with E-state index >= 15 is 0 Å². The Morgan fingerprint density at radius 3 is 1.35 bits per heavy atom. The SMILES string of the molecule is CCCCCCCCCCC1OCC(Cc2cc([N+](=O)[O-])ccc2OC(=O)Oc2ccc([N+](=O)[O-])cc2CC2COC(CCCCCCCCCC)O2)O1. The molecule has 2 aromatic rings. The molecular formula is C41H60N2O11. The highest BCUT2D eigenvalue weighted by Crippen LogP contribution is 2.32. The van der Waals surface area contributed by atoms with E-state index in [0.29, 0.717) is 24.3 Å². The van der Waals surface area contributed by atoms with Crippen molar-refractivity contribution in [2.45, 2.75) is 167 Å². The third-order valence-electron chi connectivity index (χ3n) is 10.0. The van der Waals surface area contributed by atoms with E-state index < -0.39 is 16.0 Å². The van der Waals surface area contributed by atoms with Gasteiger partial charge in [-0.2, -0.15) is 0 Å². The second kappa shape index (κ2) is 24.0. The molecule has 2 heterocycles. The number of benzene rings is 2. The van der Waals surface area contributed by atoms with Gasteiger partial charge in [0.2, 0.25) is 0 Å². The minimum atomic E-state index is -1.09. The number of hydrogen-bond acceptors (Lipinski definition) is 11. The Kier molecular flexibility index (Phi) is 19.1. The van der Waals surface area contributed by atoms with E-state index in [4.69, 9.17) is 28.4 Å². The number of nitro groups is 2. The van der Waals surface area contributed by atoms with E-state index in [-0.39, 0.29) is 60.5 Å². The lowest BCUT2D eigenvalue weighted by atomic mass is 10.1. The van der Waals surface area contributed by atoms with Crippen LogP contribution in [0, 0.1) is 20.2 Å². The number of ether oxygens (including phenoxy) is 6. The summed E-state index contributed by atoms with van der Waals surface area (Å²) in [6, 6.07) is 7.93. The van der Waals surface area contributed by atoms with Gasteiger partial charge in [0.25, 0.3) is 11.4 Å². The maximum atomic E-state index is 13.2. The van der Waals surface area contributed by atoms with Crippen LogP contribution in [-0.2, 0) is 31.8 Å². The summed E-state index contributed by atoms with van der Waals surface area (Å²) in [6.07, 6.45) is 18.7. The number of carbonyl (C=O) groups excluding carboxylic acids is 1. The van der Waals surface area contributed by atoms with Gasteiger partial charge >= 0.3 is 6.16 Å². The summed E-state index contributed by atoms with van der Waals surface area (Å²) >= 11 is 0. The molecule has 0 aliphatic carbocycles. The Morgan fingerprint density at radius 1 is 0.611 bits per heavy atom. The van der Waals surface area contributed by atoms with Gasteiger partial charge in [-0.3, -0.25) is 20.2 Å². The molecule has 13 heteroatoms. The van der Waals surface area contributed by atoms with Crippen LogP contribution in [0.4, 0.5) is 16.2 Å². The summed E-state index contributed by atoms with van der Waals surface area (Å²) in [5.41, 5.74) is 0.477. The second-order valence-corrected chi connectivity index (χ2v) is 14.5. The molecule has 0 aromatic heterocycles. The molecule has 300 valence electrons. The van der Waals surface area contributed by atoms with E-state index in [1.807, 2.05) is 0 Å². The maximum absolute atomic E-state index is 13.2. The topological polar surface area (TPSA) is 159 Å². The fraction of sp³-hybridized carbons (Fsp3) is 0.683. The van der Waals surface area contributed by atoms with Crippen LogP contribution in [0.15, 0.2) is 36.4 Å². The maximum Gasteiger partial charge on any atom is 0.519 e. The first kappa shape index (κ1) is 43.1. The highest BCUT2D eigenvalue weighted by molar-refractivity contribution is 5.69. The number of nitrogens with zero attached hydrogens (tertiary/aromatic N) is 2. The Bertz CT molecular complexity index is 1350. The molecule has 0 N–H and O–H groups in total. The van der Waals surface area contributed by atoms with Gasteiger partial charge in [-0.05, 0) is 37.8 Å². The fourth-order valence-electron chi connectivity index (χ4n) is 6.99. The highest BCUT2D eigenvalue weighted by Gasteiger charge is 2.30. The molecule has 13 nitrogen and oxygen atoms in total. The summed E-state index contributed by atoms with van der Waals surface area (Å²) in [7, 11) is 0. The van der Waals surface area contributed by atoms with Gasteiger partial charge in [0, 0.05) is 48.2 Å². The summed E-state index contributed by atoms with van der Waals surface area (Å²) in [5, 5.41) is 23.2. The smallest absolute Gasteiger partial charge is 0.394 e. The van der Waals surface area contributed by atoms with E-state index in [9.17, 15) is 25.0 Å². The van der Waals surface area contributed by atoms with Gasteiger partial charge in [-0.1, -0.05) is 104 Å². The molecule has 4 unspecified atom stereocenters. The van der Waals surface area contributed by atoms with Crippen molar-refractivity contribution in [2.75, 3.05) is 13.2 Å². The van der Waals surface area contributed by atoms with Gasteiger partial charge in [-0.25, -0.2) is 4.79 Å². The molecule has 0 spiro atoms. The quantitative estimate of drug-likeness (QED) is 0.0295. The fourth-order valence-corrected chi connectivity index (χ4v) is 6.99. The minimum absolute atomic E-state index is 0.0838. The van der Waals surface area contributed by atoms with E-state index in [2.05, 4.69) is 13.8 Å². The molecule has 2 aliphatic heterocycles. The molecule has 4 rings (SSSR count). The number of nitro benzene ring substituents is 2. The molecule has 0 saturated carbocycles. The number of carbonyl (C=O) groups is 1. The second-order valence-electron chi connectivity index (χ2n) is 14.5. The predicted octanol–water partition coefficient (Wildman–Crippen LogP) is 10.7. The Hall–Kier alpha value is -3.65. The first-order chi connectivity index (χ1) is 26.2. The lowest BCUT2D eigenvalue weighted by molar-refractivity contribution is -0.385. The molecule has 2 fully saturated rings. The molecule has 4 atom stereocenters. The lowest BCUT2D eigenvalue weighted by Crippen LogP contribution is -2.20. The third-order valence-corrected chi connectivity index (χ3v) is 10.0. The van der Waals surface area contributed by atoms with Crippen molar-refractivity contribution in [3.05, 3.63) is 67.8 Å². The van der Waals surface area contributed by atoms with Crippen molar-refractivity contribution >= 4 is 17.5 Å². The van der Waals surface area contributed by atoms with E-state index in [1.165, 1.54) is 113 Å². The molecule has 0 radical (unpaired) electrons. The van der Waals surface area contributed by atoms with Crippen molar-refractivity contribution in [3.63, 3.8) is 0 Å². The normalized spacial score (nSPS) is 19.6. The zero-order valence-corrected chi connectivity index (χ0v) is 32.2. The summed E-state index contributed by atoms with van der Waals surface area (Å²) in [5.74, 6) is 0.168. The molecule has 2 aromatic carbocycles. The van der Waals surface area contributed by atoms with Crippen molar-refractivity contribution < 1.29 is 43.1 Å². The highest BCUT2D eigenvalue weighted by atomic mass is 16.7. The third kappa shape index (κ3) is 15.2. The first-order valence-electron chi connectivity index (χ1n) is 20.2. The van der Waals surface area contributed by atoms with Gasteiger partial charge in [0.15, 0.2) is 12.6 Å². The standard InChI is InChI=1S/C41H60N2O11/c1-3-5-7-9-11-13-15-17-19-39-49-29-35(51-39)27-31-25-33(42(45)46)21-23-37(31)53-41(44)54-38-24-22-34(43(47)48)26-32(38)28-36-30-50-40(52-36)20-18-16-14-12-10-8-6-4-2/h21-26,35-36,39-40H,3-20,27-30H2,1-2H3. The van der Waals surface area contributed by atoms with E-state index in [0.717, 1.165) is 38.5 Å². The Balaban J connectivity index is 1.30. The largest absolute Gasteiger partial charge is 0.519 e. The average molecular weight is 757 g/mol. The van der Waals surface area contributed by atoms with E-state index in [1.54, 1.807) is 0 Å². The monoisotopic (exact) mass is 756 g/mol. The van der Waals surface area contributed by atoms with Crippen LogP contribution < -0.4 is 9.47 Å². The zero-order valence-electron chi connectivity index (χ0n) is 32.2. The first-order valence-corrected chi connectivity index (χ1v) is 20.2. The van der Waals surface area contributed by atoms with Crippen LogP contribution in [0.5, 0.6) is 11.5 Å². The number of unbranched alkanes of at least 4 members (excludes halogenated alkanes) is 14. The lowest BCUT2D eigenvalue weighted by Gasteiger charge is -2.16. The average Bonchev–Trinajstić information content (AvgIpc) is 3.80.